The lowest BCUT2D eigenvalue weighted by Crippen LogP contribution is -2.13. The highest BCUT2D eigenvalue weighted by Crippen LogP contribution is 2.45. The molecule has 1 heterocycles. The number of hydrogen-bond acceptors (Lipinski definition) is 3. The van der Waals surface area contributed by atoms with Gasteiger partial charge < -0.3 is 14.2 Å². The predicted molar refractivity (Wildman–Crippen MR) is 282 cm³/mol. The molecule has 0 saturated heterocycles. The fourth-order valence-electron chi connectivity index (χ4n) is 9.44. The zero-order chi connectivity index (χ0) is 44.5. The smallest absolute Gasteiger partial charge is 0.137 e. The summed E-state index contributed by atoms with van der Waals surface area (Å²) in [6.07, 6.45) is 0. The van der Waals surface area contributed by atoms with E-state index in [0.717, 1.165) is 72.8 Å². The van der Waals surface area contributed by atoms with E-state index in [1.807, 2.05) is 12.1 Å². The van der Waals surface area contributed by atoms with E-state index >= 15 is 0 Å². The maximum Gasteiger partial charge on any atom is 0.137 e. The lowest BCUT2D eigenvalue weighted by atomic mass is 9.98. The molecule has 0 amide bonds. The SMILES string of the molecule is c1ccc(-c2ccc(N(c3ccc(-c4ccccc4)cc3)c3cc(-c4ccc5ccccc5c4)cc(N(c4ccc(-c5ccccc5)cc4)c4ccc5c(c4)oc4ccccc45)c3)cc2)cc1. The summed E-state index contributed by atoms with van der Waals surface area (Å²) in [6, 6.07) is 95.8. The molecule has 0 radical (unpaired) electrons. The van der Waals surface area contributed by atoms with Gasteiger partial charge in [0.2, 0.25) is 0 Å². The second-order valence-electron chi connectivity index (χ2n) is 17.0. The number of anilines is 6. The lowest BCUT2D eigenvalue weighted by Gasteiger charge is -2.30. The van der Waals surface area contributed by atoms with Crippen LogP contribution in [0, 0.1) is 0 Å². The molecule has 3 nitrogen and oxygen atoms in total. The Morgan fingerprint density at radius 2 is 0.612 bits per heavy atom. The molecule has 0 N–H and O–H groups in total. The van der Waals surface area contributed by atoms with E-state index in [9.17, 15) is 0 Å². The molecule has 0 aliphatic carbocycles. The second kappa shape index (κ2) is 17.2. The van der Waals surface area contributed by atoms with Crippen molar-refractivity contribution >= 4 is 66.8 Å². The Morgan fingerprint density at radius 3 is 1.15 bits per heavy atom. The Balaban J connectivity index is 1.08. The van der Waals surface area contributed by atoms with Crippen molar-refractivity contribution in [1.82, 2.24) is 0 Å². The van der Waals surface area contributed by atoms with Gasteiger partial charge in [0.25, 0.3) is 0 Å². The third kappa shape index (κ3) is 7.79. The number of rotatable bonds is 10. The van der Waals surface area contributed by atoms with Crippen molar-refractivity contribution in [2.45, 2.75) is 0 Å². The first-order valence-corrected chi connectivity index (χ1v) is 22.8. The van der Waals surface area contributed by atoms with E-state index in [4.69, 9.17) is 4.42 Å². The minimum absolute atomic E-state index is 0.842. The van der Waals surface area contributed by atoms with Gasteiger partial charge in [-0.15, -0.1) is 0 Å². The summed E-state index contributed by atoms with van der Waals surface area (Å²) in [5.74, 6) is 0. The maximum atomic E-state index is 6.55. The highest BCUT2D eigenvalue weighted by Gasteiger charge is 2.21. The molecular formula is C64H44N2O. The molecule has 0 aliphatic rings. The van der Waals surface area contributed by atoms with Gasteiger partial charge in [-0.3, -0.25) is 0 Å². The Labute approximate surface area is 390 Å². The molecular weight excluding hydrogens is 813 g/mol. The van der Waals surface area contributed by atoms with Crippen LogP contribution in [0.1, 0.15) is 0 Å². The van der Waals surface area contributed by atoms with Gasteiger partial charge in [-0.1, -0.05) is 182 Å². The molecule has 0 fully saturated rings. The molecule has 0 unspecified atom stereocenters. The van der Waals surface area contributed by atoms with Gasteiger partial charge in [-0.05, 0) is 134 Å². The van der Waals surface area contributed by atoms with Crippen LogP contribution in [0.4, 0.5) is 34.1 Å². The topological polar surface area (TPSA) is 19.6 Å². The molecule has 0 saturated carbocycles. The van der Waals surface area contributed by atoms with E-state index < -0.39 is 0 Å². The van der Waals surface area contributed by atoms with E-state index in [1.165, 1.54) is 38.6 Å². The van der Waals surface area contributed by atoms with Crippen molar-refractivity contribution in [1.29, 1.82) is 0 Å². The van der Waals surface area contributed by atoms with Crippen molar-refractivity contribution in [2.75, 3.05) is 9.80 Å². The monoisotopic (exact) mass is 856 g/mol. The van der Waals surface area contributed by atoms with Gasteiger partial charge >= 0.3 is 0 Å². The summed E-state index contributed by atoms with van der Waals surface area (Å²) in [7, 11) is 0. The summed E-state index contributed by atoms with van der Waals surface area (Å²) in [6.45, 7) is 0. The highest BCUT2D eigenvalue weighted by atomic mass is 16.3. The third-order valence-corrected chi connectivity index (χ3v) is 12.8. The molecule has 0 spiro atoms. The van der Waals surface area contributed by atoms with Gasteiger partial charge in [0.1, 0.15) is 11.2 Å². The van der Waals surface area contributed by atoms with Crippen LogP contribution >= 0.6 is 0 Å². The van der Waals surface area contributed by atoms with Crippen LogP contribution < -0.4 is 9.80 Å². The number of para-hydroxylation sites is 1. The molecule has 11 aromatic carbocycles. The summed E-state index contributed by atoms with van der Waals surface area (Å²) in [5.41, 5.74) is 17.1. The largest absolute Gasteiger partial charge is 0.456 e. The number of hydrogen-bond donors (Lipinski definition) is 0. The Kier molecular flexibility index (Phi) is 10.2. The van der Waals surface area contributed by atoms with E-state index in [2.05, 4.69) is 265 Å². The number of fused-ring (bicyclic) bond motifs is 4. The fraction of sp³-hybridized carbons (Fsp3) is 0. The van der Waals surface area contributed by atoms with Crippen molar-refractivity contribution in [3.63, 3.8) is 0 Å². The first-order chi connectivity index (χ1) is 33.2. The predicted octanol–water partition coefficient (Wildman–Crippen LogP) is 18.3. The number of benzene rings is 11. The minimum Gasteiger partial charge on any atom is -0.456 e. The molecule has 0 atom stereocenters. The Morgan fingerprint density at radius 1 is 0.209 bits per heavy atom. The minimum atomic E-state index is 0.842. The Bertz CT molecular complexity index is 3570. The van der Waals surface area contributed by atoms with Crippen LogP contribution in [0.3, 0.4) is 0 Å². The molecule has 12 rings (SSSR count). The van der Waals surface area contributed by atoms with Crippen LogP contribution in [0.2, 0.25) is 0 Å². The summed E-state index contributed by atoms with van der Waals surface area (Å²) in [4.78, 5) is 4.75. The maximum absolute atomic E-state index is 6.55. The molecule has 12 aromatic rings. The van der Waals surface area contributed by atoms with Crippen LogP contribution in [-0.4, -0.2) is 0 Å². The first-order valence-electron chi connectivity index (χ1n) is 22.8. The lowest BCUT2D eigenvalue weighted by molar-refractivity contribution is 0.669. The van der Waals surface area contributed by atoms with Crippen LogP contribution in [-0.2, 0) is 0 Å². The fourth-order valence-corrected chi connectivity index (χ4v) is 9.44. The quantitative estimate of drug-likeness (QED) is 0.137. The zero-order valence-corrected chi connectivity index (χ0v) is 36.7. The number of furan rings is 1. The average molecular weight is 857 g/mol. The molecule has 0 aliphatic heterocycles. The third-order valence-electron chi connectivity index (χ3n) is 12.8. The van der Waals surface area contributed by atoms with Gasteiger partial charge in [0.05, 0.1) is 0 Å². The van der Waals surface area contributed by atoms with E-state index in [-0.39, 0.29) is 0 Å². The molecule has 3 heteroatoms. The molecule has 67 heavy (non-hydrogen) atoms. The first kappa shape index (κ1) is 39.7. The molecule has 1 aromatic heterocycles. The standard InChI is InChI=1S/C64H44N2O/c1-4-14-45(15-5-1)49-26-32-55(33-27-49)65(56-34-28-50(29-35-56)46-16-6-2-7-17-46)59-41-54(53-25-24-48-20-10-11-21-52(48)40-53)42-60(43-59)66(57-36-30-51(31-37-57)47-18-8-3-9-19-47)58-38-39-62-61-22-12-13-23-63(61)67-64(62)44-58/h1-44H. The summed E-state index contributed by atoms with van der Waals surface area (Å²) in [5, 5.41) is 4.60. The van der Waals surface area contributed by atoms with E-state index in [0.29, 0.717) is 0 Å². The van der Waals surface area contributed by atoms with Crippen molar-refractivity contribution in [2.24, 2.45) is 0 Å². The zero-order valence-electron chi connectivity index (χ0n) is 36.7. The summed E-state index contributed by atoms with van der Waals surface area (Å²) < 4.78 is 6.55. The summed E-state index contributed by atoms with van der Waals surface area (Å²) >= 11 is 0. The molecule has 0 bridgehead atoms. The highest BCUT2D eigenvalue weighted by molar-refractivity contribution is 6.06. The van der Waals surface area contributed by atoms with Crippen LogP contribution in [0.25, 0.3) is 77.2 Å². The van der Waals surface area contributed by atoms with Crippen molar-refractivity contribution in [3.8, 4) is 44.5 Å². The van der Waals surface area contributed by atoms with Crippen LogP contribution in [0.15, 0.2) is 271 Å². The van der Waals surface area contributed by atoms with Gasteiger partial charge in [0.15, 0.2) is 0 Å². The van der Waals surface area contributed by atoms with Gasteiger partial charge in [-0.2, -0.15) is 0 Å². The van der Waals surface area contributed by atoms with Crippen molar-refractivity contribution in [3.05, 3.63) is 267 Å². The second-order valence-corrected chi connectivity index (χ2v) is 17.0. The van der Waals surface area contributed by atoms with Crippen molar-refractivity contribution < 1.29 is 4.42 Å². The van der Waals surface area contributed by atoms with Gasteiger partial charge in [0, 0.05) is 51.0 Å². The average Bonchev–Trinajstić information content (AvgIpc) is 3.78. The Hall–Kier alpha value is -8.92. The number of nitrogens with zero attached hydrogens (tertiary/aromatic N) is 2. The van der Waals surface area contributed by atoms with E-state index in [1.54, 1.807) is 0 Å². The normalized spacial score (nSPS) is 11.3. The van der Waals surface area contributed by atoms with Gasteiger partial charge in [-0.25, -0.2) is 0 Å². The van der Waals surface area contributed by atoms with Crippen LogP contribution in [0.5, 0.6) is 0 Å². The molecule has 316 valence electrons.